The summed E-state index contributed by atoms with van der Waals surface area (Å²) in [4.78, 5) is 28.3. The van der Waals surface area contributed by atoms with Crippen LogP contribution in [-0.2, 0) is 11.2 Å². The lowest BCUT2D eigenvalue weighted by Crippen LogP contribution is -2.30. The molecule has 40 heavy (non-hydrogen) atoms. The van der Waals surface area contributed by atoms with E-state index in [-0.39, 0.29) is 5.91 Å². The topological polar surface area (TPSA) is 65.1 Å². The summed E-state index contributed by atoms with van der Waals surface area (Å²) in [5.41, 5.74) is 1.77. The Kier molecular flexibility index (Phi) is 8.68. The van der Waals surface area contributed by atoms with Crippen LogP contribution in [0.5, 0.6) is 17.2 Å². The molecule has 2 heterocycles. The number of carbonyl (C=O) groups is 2. The van der Waals surface area contributed by atoms with E-state index in [2.05, 4.69) is 0 Å². The minimum atomic E-state index is -0.551. The third-order valence-corrected chi connectivity index (χ3v) is 9.36. The number of hydrogen-bond acceptors (Lipinski definition) is 8. The summed E-state index contributed by atoms with van der Waals surface area (Å²) in [6.07, 6.45) is 2.38. The first-order valence-corrected chi connectivity index (χ1v) is 14.7. The van der Waals surface area contributed by atoms with Gasteiger partial charge in [-0.1, -0.05) is 71.4 Å². The number of rotatable bonds is 8. The molecule has 1 amide bonds. The van der Waals surface area contributed by atoms with Gasteiger partial charge < -0.3 is 14.2 Å². The molecule has 0 aliphatic carbocycles. The highest BCUT2D eigenvalue weighted by molar-refractivity contribution is 8.26. The molecule has 0 unspecified atom stereocenters. The van der Waals surface area contributed by atoms with Crippen LogP contribution in [0.15, 0.2) is 65.6 Å². The molecule has 0 spiro atoms. The maximum Gasteiger partial charge on any atom is 0.355 e. The molecule has 11 heteroatoms. The Bertz CT molecular complexity index is 1670. The summed E-state index contributed by atoms with van der Waals surface area (Å²) in [6, 6.07) is 17.8. The molecule has 0 radical (unpaired) electrons. The Balaban J connectivity index is 1.23. The van der Waals surface area contributed by atoms with Crippen LogP contribution in [0, 0.1) is 0 Å². The molecule has 3 aromatic carbocycles. The lowest BCUT2D eigenvalue weighted by atomic mass is 10.1. The van der Waals surface area contributed by atoms with Gasteiger partial charge in [-0.3, -0.25) is 9.69 Å². The van der Waals surface area contributed by atoms with Crippen LogP contribution >= 0.6 is 58.5 Å². The third kappa shape index (κ3) is 5.99. The second-order valence-electron chi connectivity index (χ2n) is 8.62. The Morgan fingerprint density at radius 3 is 2.48 bits per heavy atom. The van der Waals surface area contributed by atoms with Crippen molar-refractivity contribution >= 4 is 90.9 Å². The van der Waals surface area contributed by atoms with Gasteiger partial charge >= 0.3 is 5.97 Å². The van der Waals surface area contributed by atoms with Gasteiger partial charge in [0.25, 0.3) is 5.91 Å². The number of halogens is 2. The normalized spacial score (nSPS) is 14.3. The molecule has 1 aliphatic rings. The predicted octanol–water partition coefficient (Wildman–Crippen LogP) is 7.89. The number of thiocarbonyl (C=S) groups is 1. The fourth-order valence-electron chi connectivity index (χ4n) is 4.08. The van der Waals surface area contributed by atoms with Crippen LogP contribution in [0.3, 0.4) is 0 Å². The number of thioether (sulfide) groups is 1. The molecule has 1 fully saturated rings. The molecule has 0 bridgehead atoms. The molecule has 204 valence electrons. The number of thiophene rings is 1. The van der Waals surface area contributed by atoms with E-state index in [0.29, 0.717) is 54.4 Å². The van der Waals surface area contributed by atoms with Gasteiger partial charge in [0.2, 0.25) is 0 Å². The smallest absolute Gasteiger partial charge is 0.355 e. The summed E-state index contributed by atoms with van der Waals surface area (Å²) in [7, 11) is 3.17. The minimum absolute atomic E-state index is 0.148. The summed E-state index contributed by atoms with van der Waals surface area (Å²) in [5.74, 6) is 0.943. The molecule has 1 aromatic heterocycles. The van der Waals surface area contributed by atoms with E-state index < -0.39 is 5.97 Å². The van der Waals surface area contributed by atoms with Gasteiger partial charge in [-0.15, -0.1) is 11.3 Å². The second kappa shape index (κ2) is 12.2. The number of benzene rings is 3. The Hall–Kier alpha value is -3.08. The highest BCUT2D eigenvalue weighted by atomic mass is 35.5. The van der Waals surface area contributed by atoms with Gasteiger partial charge in [-0.25, -0.2) is 4.79 Å². The van der Waals surface area contributed by atoms with Crippen molar-refractivity contribution in [3.63, 3.8) is 0 Å². The summed E-state index contributed by atoms with van der Waals surface area (Å²) < 4.78 is 17.5. The van der Waals surface area contributed by atoms with Crippen molar-refractivity contribution in [3.05, 3.63) is 91.6 Å². The molecular weight excluding hydrogens is 609 g/mol. The summed E-state index contributed by atoms with van der Waals surface area (Å²) >= 11 is 20.4. The third-order valence-electron chi connectivity index (χ3n) is 6.11. The van der Waals surface area contributed by atoms with Crippen molar-refractivity contribution in [1.29, 1.82) is 0 Å². The average molecular weight is 631 g/mol. The molecule has 0 saturated carbocycles. The molecule has 4 aromatic rings. The Morgan fingerprint density at radius 2 is 1.75 bits per heavy atom. The lowest BCUT2D eigenvalue weighted by molar-refractivity contribution is -0.122. The van der Waals surface area contributed by atoms with E-state index >= 15 is 0 Å². The maximum absolute atomic E-state index is 13.1. The lowest BCUT2D eigenvalue weighted by Gasteiger charge is -2.15. The van der Waals surface area contributed by atoms with Gasteiger partial charge in [-0.2, -0.15) is 0 Å². The minimum Gasteiger partial charge on any atom is -0.493 e. The molecule has 0 atom stereocenters. The fraction of sp³-hybridized carbons (Fsp3) is 0.138. The van der Waals surface area contributed by atoms with Crippen molar-refractivity contribution in [2.24, 2.45) is 0 Å². The first-order chi connectivity index (χ1) is 19.3. The number of amides is 1. The van der Waals surface area contributed by atoms with Crippen molar-refractivity contribution in [1.82, 2.24) is 4.90 Å². The van der Waals surface area contributed by atoms with E-state index in [0.717, 1.165) is 21.2 Å². The van der Waals surface area contributed by atoms with Gasteiger partial charge in [0, 0.05) is 21.7 Å². The summed E-state index contributed by atoms with van der Waals surface area (Å²) in [6.45, 7) is 0.443. The van der Waals surface area contributed by atoms with Crippen molar-refractivity contribution in [3.8, 4) is 17.2 Å². The van der Waals surface area contributed by atoms with Crippen molar-refractivity contribution in [2.75, 3.05) is 20.8 Å². The monoisotopic (exact) mass is 629 g/mol. The molecule has 1 saturated heterocycles. The standard InChI is InChI=1S/C29H21Cl2NO5S3/c1-35-21-10-5-17(13-22(21)36-2)11-12-32-27(33)24(40-29(32)38)14-16-3-7-19(8-4-16)37-28(34)26-25(31)20-9-6-18(30)15-23(20)39-26/h3-10,13-15H,11-12H2,1-2H3. The quantitative estimate of drug-likeness (QED) is 0.0849. The number of nitrogens with zero attached hydrogens (tertiary/aromatic N) is 1. The van der Waals surface area contributed by atoms with Crippen LogP contribution in [0.2, 0.25) is 10.0 Å². The molecule has 1 aliphatic heterocycles. The van der Waals surface area contributed by atoms with Crippen LogP contribution in [0.4, 0.5) is 0 Å². The van der Waals surface area contributed by atoms with Crippen LogP contribution in [0.1, 0.15) is 20.8 Å². The van der Waals surface area contributed by atoms with Crippen molar-refractivity contribution in [2.45, 2.75) is 6.42 Å². The molecule has 6 nitrogen and oxygen atoms in total. The highest BCUT2D eigenvalue weighted by Crippen LogP contribution is 2.38. The van der Waals surface area contributed by atoms with Gasteiger partial charge in [0.1, 0.15) is 14.9 Å². The SMILES string of the molecule is COc1ccc(CCN2C(=O)C(=Cc3ccc(OC(=O)c4sc5cc(Cl)ccc5c4Cl)cc3)SC2=S)cc1OC. The number of fused-ring (bicyclic) bond motifs is 1. The first-order valence-electron chi connectivity index (χ1n) is 11.9. The van der Waals surface area contributed by atoms with Gasteiger partial charge in [0.15, 0.2) is 11.5 Å². The maximum atomic E-state index is 13.1. The highest BCUT2D eigenvalue weighted by Gasteiger charge is 2.31. The second-order valence-corrected chi connectivity index (χ2v) is 12.2. The molecular formula is C29H21Cl2NO5S3. The Labute approximate surface area is 254 Å². The molecule has 0 N–H and O–H groups in total. The van der Waals surface area contributed by atoms with Gasteiger partial charge in [0.05, 0.1) is 24.1 Å². The largest absolute Gasteiger partial charge is 0.493 e. The number of hydrogen-bond donors (Lipinski definition) is 0. The number of carbonyl (C=O) groups excluding carboxylic acids is 2. The van der Waals surface area contributed by atoms with E-state index in [1.54, 1.807) is 67.7 Å². The fourth-order valence-corrected chi connectivity index (χ4v) is 7.05. The summed E-state index contributed by atoms with van der Waals surface area (Å²) in [5, 5.41) is 1.65. The van der Waals surface area contributed by atoms with Gasteiger partial charge in [-0.05, 0) is 60.0 Å². The van der Waals surface area contributed by atoms with E-state index in [9.17, 15) is 9.59 Å². The van der Waals surface area contributed by atoms with E-state index in [1.807, 2.05) is 18.2 Å². The zero-order valence-corrected chi connectivity index (χ0v) is 25.2. The van der Waals surface area contributed by atoms with E-state index in [4.69, 9.17) is 49.6 Å². The van der Waals surface area contributed by atoms with Crippen molar-refractivity contribution < 1.29 is 23.8 Å². The number of esters is 1. The van der Waals surface area contributed by atoms with Crippen LogP contribution < -0.4 is 14.2 Å². The molecule has 5 rings (SSSR count). The zero-order chi connectivity index (χ0) is 28.4. The number of methoxy groups -OCH3 is 2. The van der Waals surface area contributed by atoms with Crippen LogP contribution in [-0.4, -0.2) is 41.9 Å². The predicted molar refractivity (Wildman–Crippen MR) is 166 cm³/mol. The van der Waals surface area contributed by atoms with E-state index in [1.165, 1.54) is 23.1 Å². The Morgan fingerprint density at radius 1 is 1.00 bits per heavy atom. The first kappa shape index (κ1) is 28.4. The zero-order valence-electron chi connectivity index (χ0n) is 21.2. The average Bonchev–Trinajstić information content (AvgIpc) is 3.42. The number of ether oxygens (including phenoxy) is 3. The van der Waals surface area contributed by atoms with Crippen LogP contribution in [0.25, 0.3) is 16.2 Å².